The predicted octanol–water partition coefficient (Wildman–Crippen LogP) is 1.27. The molecule has 1 saturated carbocycles. The minimum Gasteiger partial charge on any atom is -0.327 e. The van der Waals surface area contributed by atoms with E-state index in [1.807, 2.05) is 4.90 Å². The fourth-order valence-electron chi connectivity index (χ4n) is 2.71. The van der Waals surface area contributed by atoms with Gasteiger partial charge >= 0.3 is 0 Å². The van der Waals surface area contributed by atoms with Crippen LogP contribution in [0.25, 0.3) is 0 Å². The Balaban J connectivity index is 1.81. The average Bonchev–Trinajstić information content (AvgIpc) is 3.09. The SMILES string of the molecule is CC(C)CC1NCN(CC(C)N(C)C2CC2)C1=O. The van der Waals surface area contributed by atoms with Gasteiger partial charge in [-0.05, 0) is 39.2 Å². The van der Waals surface area contributed by atoms with Crippen LogP contribution in [0.1, 0.15) is 40.0 Å². The molecule has 0 spiro atoms. The molecule has 1 N–H and O–H groups in total. The third-order valence-corrected chi connectivity index (χ3v) is 4.15. The molecule has 0 radical (unpaired) electrons. The van der Waals surface area contributed by atoms with Gasteiger partial charge in [0.1, 0.15) is 0 Å². The number of hydrogen-bond donors (Lipinski definition) is 1. The molecule has 18 heavy (non-hydrogen) atoms. The molecule has 0 aromatic heterocycles. The molecule has 1 heterocycles. The molecule has 1 aliphatic heterocycles. The minimum atomic E-state index is 0.0448. The fraction of sp³-hybridized carbons (Fsp3) is 0.929. The molecule has 2 unspecified atom stereocenters. The summed E-state index contributed by atoms with van der Waals surface area (Å²) in [6.45, 7) is 8.14. The van der Waals surface area contributed by atoms with E-state index in [1.54, 1.807) is 0 Å². The molecule has 104 valence electrons. The van der Waals surface area contributed by atoms with Gasteiger partial charge < -0.3 is 4.90 Å². The molecule has 0 aromatic rings. The lowest BCUT2D eigenvalue weighted by molar-refractivity contribution is -0.129. The van der Waals surface area contributed by atoms with Crippen LogP contribution >= 0.6 is 0 Å². The number of carbonyl (C=O) groups is 1. The summed E-state index contributed by atoms with van der Waals surface area (Å²) in [4.78, 5) is 16.6. The summed E-state index contributed by atoms with van der Waals surface area (Å²) in [5, 5.41) is 3.33. The number of rotatable bonds is 6. The summed E-state index contributed by atoms with van der Waals surface area (Å²) in [5.41, 5.74) is 0. The Kier molecular flexibility index (Phi) is 4.28. The molecule has 2 atom stereocenters. The van der Waals surface area contributed by atoms with Crippen LogP contribution in [0.15, 0.2) is 0 Å². The van der Waals surface area contributed by atoms with Gasteiger partial charge in [-0.2, -0.15) is 0 Å². The second-order valence-corrected chi connectivity index (χ2v) is 6.35. The lowest BCUT2D eigenvalue weighted by Crippen LogP contribution is -2.43. The lowest BCUT2D eigenvalue weighted by atomic mass is 10.0. The van der Waals surface area contributed by atoms with Crippen molar-refractivity contribution in [3.63, 3.8) is 0 Å². The third kappa shape index (κ3) is 3.23. The van der Waals surface area contributed by atoms with Crippen molar-refractivity contribution >= 4 is 5.91 Å². The predicted molar refractivity (Wildman–Crippen MR) is 73.2 cm³/mol. The van der Waals surface area contributed by atoms with E-state index in [0.29, 0.717) is 17.9 Å². The van der Waals surface area contributed by atoms with E-state index in [4.69, 9.17) is 0 Å². The first-order valence-corrected chi connectivity index (χ1v) is 7.23. The van der Waals surface area contributed by atoms with Crippen molar-refractivity contribution in [3.05, 3.63) is 0 Å². The van der Waals surface area contributed by atoms with E-state index in [9.17, 15) is 4.79 Å². The standard InChI is InChI=1S/C14H27N3O/c1-10(2)7-13-14(18)17(9-15-13)8-11(3)16(4)12-5-6-12/h10-13,15H,5-9H2,1-4H3. The summed E-state index contributed by atoms with van der Waals surface area (Å²) in [6, 6.07) is 1.27. The van der Waals surface area contributed by atoms with Crippen LogP contribution < -0.4 is 5.32 Å². The molecule has 4 heteroatoms. The topological polar surface area (TPSA) is 35.6 Å². The molecular formula is C14H27N3O. The van der Waals surface area contributed by atoms with Crippen LogP contribution in [0.5, 0.6) is 0 Å². The quantitative estimate of drug-likeness (QED) is 0.774. The molecule has 4 nitrogen and oxygen atoms in total. The van der Waals surface area contributed by atoms with Crippen molar-refractivity contribution in [2.24, 2.45) is 5.92 Å². The maximum absolute atomic E-state index is 12.2. The molecule has 2 fully saturated rings. The summed E-state index contributed by atoms with van der Waals surface area (Å²) in [5.74, 6) is 0.859. The molecule has 1 amide bonds. The van der Waals surface area contributed by atoms with Crippen molar-refractivity contribution in [3.8, 4) is 0 Å². The van der Waals surface area contributed by atoms with E-state index >= 15 is 0 Å². The van der Waals surface area contributed by atoms with Gasteiger partial charge in [-0.1, -0.05) is 13.8 Å². The molecular weight excluding hydrogens is 226 g/mol. The Labute approximate surface area is 111 Å². The van der Waals surface area contributed by atoms with Gasteiger partial charge in [-0.3, -0.25) is 15.0 Å². The van der Waals surface area contributed by atoms with E-state index in [0.717, 1.165) is 25.7 Å². The second kappa shape index (κ2) is 5.57. The van der Waals surface area contributed by atoms with Crippen LogP contribution in [0.2, 0.25) is 0 Å². The largest absolute Gasteiger partial charge is 0.327 e. The first kappa shape index (κ1) is 13.8. The number of nitrogens with one attached hydrogen (secondary N) is 1. The Bertz CT molecular complexity index is 301. The lowest BCUT2D eigenvalue weighted by Gasteiger charge is -2.28. The molecule has 0 bridgehead atoms. The highest BCUT2D eigenvalue weighted by molar-refractivity contribution is 5.83. The van der Waals surface area contributed by atoms with Crippen LogP contribution in [0.4, 0.5) is 0 Å². The number of carbonyl (C=O) groups excluding carboxylic acids is 1. The van der Waals surface area contributed by atoms with Crippen LogP contribution in [-0.4, -0.2) is 54.1 Å². The highest BCUT2D eigenvalue weighted by Crippen LogP contribution is 2.27. The van der Waals surface area contributed by atoms with Gasteiger partial charge in [0, 0.05) is 18.6 Å². The average molecular weight is 253 g/mol. The Hall–Kier alpha value is -0.610. The number of nitrogens with zero attached hydrogens (tertiary/aromatic N) is 2. The summed E-state index contributed by atoms with van der Waals surface area (Å²) < 4.78 is 0. The summed E-state index contributed by atoms with van der Waals surface area (Å²) in [7, 11) is 2.18. The molecule has 1 aliphatic carbocycles. The van der Waals surface area contributed by atoms with Crippen LogP contribution in [0, 0.1) is 5.92 Å². The summed E-state index contributed by atoms with van der Waals surface area (Å²) >= 11 is 0. The zero-order valence-electron chi connectivity index (χ0n) is 12.1. The van der Waals surface area contributed by atoms with E-state index < -0.39 is 0 Å². The Morgan fingerprint density at radius 3 is 2.61 bits per heavy atom. The van der Waals surface area contributed by atoms with Crippen molar-refractivity contribution in [1.82, 2.24) is 15.1 Å². The van der Waals surface area contributed by atoms with Gasteiger partial charge in [-0.25, -0.2) is 0 Å². The summed E-state index contributed by atoms with van der Waals surface area (Å²) in [6.07, 6.45) is 3.59. The zero-order valence-corrected chi connectivity index (χ0v) is 12.1. The first-order chi connectivity index (χ1) is 8.49. The van der Waals surface area contributed by atoms with Gasteiger partial charge in [0.25, 0.3) is 0 Å². The number of likely N-dealkylation sites (N-methyl/N-ethyl adjacent to an activating group) is 1. The monoisotopic (exact) mass is 253 g/mol. The molecule has 2 rings (SSSR count). The smallest absolute Gasteiger partial charge is 0.240 e. The normalized spacial score (nSPS) is 26.4. The number of amides is 1. The van der Waals surface area contributed by atoms with Gasteiger partial charge in [0.2, 0.25) is 5.91 Å². The third-order valence-electron chi connectivity index (χ3n) is 4.15. The van der Waals surface area contributed by atoms with Crippen LogP contribution in [-0.2, 0) is 4.79 Å². The van der Waals surface area contributed by atoms with Crippen molar-refractivity contribution < 1.29 is 4.79 Å². The second-order valence-electron chi connectivity index (χ2n) is 6.35. The van der Waals surface area contributed by atoms with Gasteiger partial charge in [0.15, 0.2) is 0 Å². The molecule has 1 saturated heterocycles. The highest BCUT2D eigenvalue weighted by Gasteiger charge is 2.34. The van der Waals surface area contributed by atoms with Gasteiger partial charge in [0.05, 0.1) is 12.7 Å². The maximum atomic E-state index is 12.2. The minimum absolute atomic E-state index is 0.0448. The Morgan fingerprint density at radius 2 is 2.06 bits per heavy atom. The first-order valence-electron chi connectivity index (χ1n) is 7.23. The van der Waals surface area contributed by atoms with Crippen molar-refractivity contribution in [2.45, 2.75) is 58.2 Å². The Morgan fingerprint density at radius 1 is 1.39 bits per heavy atom. The van der Waals surface area contributed by atoms with Crippen molar-refractivity contribution in [1.29, 1.82) is 0 Å². The molecule has 0 aromatic carbocycles. The van der Waals surface area contributed by atoms with E-state index in [1.165, 1.54) is 12.8 Å². The molecule has 2 aliphatic rings. The number of hydrogen-bond acceptors (Lipinski definition) is 3. The van der Waals surface area contributed by atoms with E-state index in [-0.39, 0.29) is 6.04 Å². The van der Waals surface area contributed by atoms with Crippen LogP contribution in [0.3, 0.4) is 0 Å². The van der Waals surface area contributed by atoms with Gasteiger partial charge in [-0.15, -0.1) is 0 Å². The van der Waals surface area contributed by atoms with Crippen molar-refractivity contribution in [2.75, 3.05) is 20.3 Å². The highest BCUT2D eigenvalue weighted by atomic mass is 16.2. The maximum Gasteiger partial charge on any atom is 0.240 e. The fourth-order valence-corrected chi connectivity index (χ4v) is 2.71. The van der Waals surface area contributed by atoms with E-state index in [2.05, 4.69) is 38.0 Å². The zero-order chi connectivity index (χ0) is 13.3.